The van der Waals surface area contributed by atoms with Crippen LogP contribution in [-0.2, 0) is 9.47 Å². The second-order valence-corrected chi connectivity index (χ2v) is 10.7. The molecular weight excluding hydrogens is 507 g/mol. The maximum absolute atomic E-state index is 12.7. The Balaban J connectivity index is 1.63. The van der Waals surface area contributed by atoms with Crippen LogP contribution in [0.2, 0.25) is 10.0 Å². The van der Waals surface area contributed by atoms with Gasteiger partial charge >= 0.3 is 12.1 Å². The average molecular weight is 535 g/mol. The van der Waals surface area contributed by atoms with Crippen molar-refractivity contribution in [2.75, 3.05) is 25.1 Å². The largest absolute Gasteiger partial charge is 0.464 e. The summed E-state index contributed by atoms with van der Waals surface area (Å²) >= 11 is 12.6. The lowest BCUT2D eigenvalue weighted by Crippen LogP contribution is -2.54. The standard InChI is InChI=1S/C24H28Cl2N6O4/c1-23(2,3)36-22(34)29-24(4)9-11-32(12-10-24)20-18(21(33)35-5)27-17-16(30-31-19(17)28-20)13-7-6-8-14(25)15(13)26/h6-8H,9-12H2,1-5H3,(H,29,34)(H,28,30,31). The number of aromatic amines is 1. The summed E-state index contributed by atoms with van der Waals surface area (Å²) < 4.78 is 10.4. The Morgan fingerprint density at radius 1 is 1.17 bits per heavy atom. The molecule has 1 saturated heterocycles. The van der Waals surface area contributed by atoms with E-state index in [1.807, 2.05) is 32.6 Å². The molecule has 3 aromatic rings. The Morgan fingerprint density at radius 2 is 1.86 bits per heavy atom. The van der Waals surface area contributed by atoms with Crippen LogP contribution in [0.4, 0.5) is 10.6 Å². The van der Waals surface area contributed by atoms with Crippen LogP contribution < -0.4 is 10.2 Å². The molecule has 1 fully saturated rings. The normalized spacial score (nSPS) is 15.6. The number of carbonyl (C=O) groups is 2. The van der Waals surface area contributed by atoms with Crippen LogP contribution in [0.25, 0.3) is 22.4 Å². The second kappa shape index (κ2) is 9.74. The minimum Gasteiger partial charge on any atom is -0.464 e. The Morgan fingerprint density at radius 3 is 2.50 bits per heavy atom. The molecule has 10 nitrogen and oxygen atoms in total. The van der Waals surface area contributed by atoms with E-state index in [0.29, 0.717) is 64.2 Å². The number of fused-ring (bicyclic) bond motifs is 1. The predicted molar refractivity (Wildman–Crippen MR) is 138 cm³/mol. The molecule has 0 radical (unpaired) electrons. The summed E-state index contributed by atoms with van der Waals surface area (Å²) in [4.78, 5) is 36.2. The number of amides is 1. The average Bonchev–Trinajstić information content (AvgIpc) is 3.21. The van der Waals surface area contributed by atoms with Crippen LogP contribution in [0.5, 0.6) is 0 Å². The van der Waals surface area contributed by atoms with Gasteiger partial charge in [0.15, 0.2) is 17.2 Å². The summed E-state index contributed by atoms with van der Waals surface area (Å²) in [5.41, 5.74) is 0.770. The van der Waals surface area contributed by atoms with E-state index in [1.54, 1.807) is 18.2 Å². The first-order chi connectivity index (χ1) is 16.9. The number of esters is 1. The van der Waals surface area contributed by atoms with Crippen LogP contribution >= 0.6 is 23.2 Å². The molecule has 2 N–H and O–H groups in total. The van der Waals surface area contributed by atoms with Gasteiger partial charge in [-0.1, -0.05) is 35.3 Å². The Labute approximate surface area is 218 Å². The zero-order valence-corrected chi connectivity index (χ0v) is 22.3. The van der Waals surface area contributed by atoms with Gasteiger partial charge in [0.05, 0.1) is 17.2 Å². The molecule has 192 valence electrons. The van der Waals surface area contributed by atoms with Crippen molar-refractivity contribution >= 4 is 52.2 Å². The molecular formula is C24H28Cl2N6O4. The van der Waals surface area contributed by atoms with Crippen molar-refractivity contribution in [2.45, 2.75) is 51.7 Å². The van der Waals surface area contributed by atoms with Gasteiger partial charge in [0.2, 0.25) is 0 Å². The zero-order chi connectivity index (χ0) is 26.3. The lowest BCUT2D eigenvalue weighted by atomic mass is 9.89. The van der Waals surface area contributed by atoms with Crippen molar-refractivity contribution in [3.8, 4) is 11.3 Å². The number of halogens is 2. The highest BCUT2D eigenvalue weighted by Gasteiger charge is 2.35. The molecule has 0 aliphatic carbocycles. The smallest absolute Gasteiger partial charge is 0.408 e. The number of aromatic nitrogens is 4. The number of hydrogen-bond acceptors (Lipinski definition) is 8. The molecule has 2 aromatic heterocycles. The maximum atomic E-state index is 12.7. The Hall–Kier alpha value is -3.11. The van der Waals surface area contributed by atoms with Gasteiger partial charge < -0.3 is 19.7 Å². The topological polar surface area (TPSA) is 122 Å². The number of nitrogens with one attached hydrogen (secondary N) is 2. The number of methoxy groups -OCH3 is 1. The summed E-state index contributed by atoms with van der Waals surface area (Å²) in [5, 5.41) is 10.9. The lowest BCUT2D eigenvalue weighted by molar-refractivity contribution is 0.0448. The molecule has 1 aromatic carbocycles. The van der Waals surface area contributed by atoms with Gasteiger partial charge in [-0.2, -0.15) is 5.10 Å². The number of nitrogens with zero attached hydrogens (tertiary/aromatic N) is 4. The first kappa shape index (κ1) is 26.0. The summed E-state index contributed by atoms with van der Waals surface area (Å²) in [5.74, 6) is -0.245. The molecule has 1 aliphatic heterocycles. The Kier molecular flexibility index (Phi) is 7.03. The molecule has 3 heterocycles. The number of benzene rings is 1. The number of alkyl carbamates (subject to hydrolysis) is 1. The molecule has 0 unspecified atom stereocenters. The van der Waals surface area contributed by atoms with Gasteiger partial charge in [-0.25, -0.2) is 19.6 Å². The number of piperidine rings is 1. The van der Waals surface area contributed by atoms with Gasteiger partial charge in [0.25, 0.3) is 0 Å². The van der Waals surface area contributed by atoms with Crippen molar-refractivity contribution < 1.29 is 19.1 Å². The van der Waals surface area contributed by atoms with Crippen molar-refractivity contribution in [3.05, 3.63) is 33.9 Å². The number of carbonyl (C=O) groups excluding carboxylic acids is 2. The first-order valence-electron chi connectivity index (χ1n) is 11.5. The van der Waals surface area contributed by atoms with E-state index in [9.17, 15) is 9.59 Å². The van der Waals surface area contributed by atoms with E-state index in [0.717, 1.165) is 0 Å². The van der Waals surface area contributed by atoms with Gasteiger partial charge in [-0.05, 0) is 46.6 Å². The molecule has 0 atom stereocenters. The van der Waals surface area contributed by atoms with Crippen LogP contribution in [0.1, 0.15) is 51.0 Å². The minimum atomic E-state index is -0.621. The van der Waals surface area contributed by atoms with Crippen LogP contribution in [0.3, 0.4) is 0 Å². The van der Waals surface area contributed by atoms with Crippen molar-refractivity contribution in [2.24, 2.45) is 0 Å². The second-order valence-electron chi connectivity index (χ2n) is 9.93. The summed E-state index contributed by atoms with van der Waals surface area (Å²) in [7, 11) is 1.29. The quantitative estimate of drug-likeness (QED) is 0.448. The SMILES string of the molecule is COC(=O)c1nc2c(-c3cccc(Cl)c3Cl)n[nH]c2nc1N1CCC(C)(NC(=O)OC(C)(C)C)CC1. The third kappa shape index (κ3) is 5.34. The number of ether oxygens (including phenoxy) is 2. The lowest BCUT2D eigenvalue weighted by Gasteiger charge is -2.40. The molecule has 12 heteroatoms. The third-order valence-electron chi connectivity index (χ3n) is 5.93. The van der Waals surface area contributed by atoms with Crippen molar-refractivity contribution in [1.29, 1.82) is 0 Å². The van der Waals surface area contributed by atoms with Crippen LogP contribution in [0.15, 0.2) is 18.2 Å². The molecule has 4 rings (SSSR count). The highest BCUT2D eigenvalue weighted by Crippen LogP contribution is 2.36. The van der Waals surface area contributed by atoms with E-state index >= 15 is 0 Å². The summed E-state index contributed by atoms with van der Waals surface area (Å²) in [6.07, 6.45) is 0.761. The molecule has 36 heavy (non-hydrogen) atoms. The van der Waals surface area contributed by atoms with Gasteiger partial charge in [0, 0.05) is 24.2 Å². The molecule has 1 aliphatic rings. The summed E-state index contributed by atoms with van der Waals surface area (Å²) in [6, 6.07) is 5.19. The molecule has 0 saturated carbocycles. The molecule has 0 bridgehead atoms. The van der Waals surface area contributed by atoms with Gasteiger partial charge in [-0.15, -0.1) is 0 Å². The Bertz CT molecular complexity index is 1310. The molecule has 0 spiro atoms. The fourth-order valence-corrected chi connectivity index (χ4v) is 4.44. The van der Waals surface area contributed by atoms with E-state index in [4.69, 9.17) is 32.7 Å². The van der Waals surface area contributed by atoms with Crippen molar-refractivity contribution in [3.63, 3.8) is 0 Å². The van der Waals surface area contributed by atoms with Crippen LogP contribution in [0, 0.1) is 0 Å². The van der Waals surface area contributed by atoms with E-state index in [-0.39, 0.29) is 5.69 Å². The number of rotatable bonds is 4. The first-order valence-corrected chi connectivity index (χ1v) is 12.2. The monoisotopic (exact) mass is 534 g/mol. The zero-order valence-electron chi connectivity index (χ0n) is 20.7. The fourth-order valence-electron chi connectivity index (χ4n) is 4.05. The van der Waals surface area contributed by atoms with Gasteiger partial charge in [0.1, 0.15) is 16.8 Å². The number of anilines is 1. The highest BCUT2D eigenvalue weighted by atomic mass is 35.5. The summed E-state index contributed by atoms with van der Waals surface area (Å²) in [6.45, 7) is 8.49. The number of hydrogen-bond donors (Lipinski definition) is 2. The number of H-pyrrole nitrogens is 1. The maximum Gasteiger partial charge on any atom is 0.408 e. The minimum absolute atomic E-state index is 0.0644. The van der Waals surface area contributed by atoms with E-state index in [1.165, 1.54) is 7.11 Å². The van der Waals surface area contributed by atoms with Gasteiger partial charge in [-0.3, -0.25) is 5.10 Å². The predicted octanol–water partition coefficient (Wildman–Crippen LogP) is 5.00. The third-order valence-corrected chi connectivity index (χ3v) is 6.75. The fraction of sp³-hybridized carbons (Fsp3) is 0.458. The van der Waals surface area contributed by atoms with E-state index in [2.05, 4.69) is 25.5 Å². The highest BCUT2D eigenvalue weighted by molar-refractivity contribution is 6.43. The van der Waals surface area contributed by atoms with Crippen LogP contribution in [-0.4, -0.2) is 63.6 Å². The van der Waals surface area contributed by atoms with Crippen molar-refractivity contribution in [1.82, 2.24) is 25.5 Å². The van der Waals surface area contributed by atoms with E-state index < -0.39 is 23.2 Å². The molecule has 1 amide bonds.